The zero-order valence-electron chi connectivity index (χ0n) is 16.7. The minimum Gasteiger partial charge on any atom is -0.486 e. The van der Waals surface area contributed by atoms with Crippen LogP contribution < -0.4 is 9.47 Å². The first-order valence-electron chi connectivity index (χ1n) is 10.3. The molecule has 2 aliphatic heterocycles. The van der Waals surface area contributed by atoms with Crippen LogP contribution in [0.3, 0.4) is 0 Å². The predicted octanol–water partition coefficient (Wildman–Crippen LogP) is 4.56. The van der Waals surface area contributed by atoms with Crippen molar-refractivity contribution in [3.8, 4) is 22.8 Å². The van der Waals surface area contributed by atoms with E-state index in [9.17, 15) is 0 Å². The van der Waals surface area contributed by atoms with Crippen LogP contribution in [0.25, 0.3) is 11.3 Å². The number of ether oxygens (including phenoxy) is 2. The van der Waals surface area contributed by atoms with Crippen LogP contribution in [0.5, 0.6) is 11.5 Å². The monoisotopic (exact) mass is 387 g/mol. The largest absolute Gasteiger partial charge is 0.486 e. The van der Waals surface area contributed by atoms with E-state index in [-0.39, 0.29) is 0 Å². The number of hydrogen-bond donors (Lipinski definition) is 0. The van der Waals surface area contributed by atoms with Crippen molar-refractivity contribution >= 4 is 0 Å². The molecule has 0 radical (unpaired) electrons. The highest BCUT2D eigenvalue weighted by atomic mass is 16.6. The molecule has 4 heterocycles. The van der Waals surface area contributed by atoms with Crippen molar-refractivity contribution in [3.63, 3.8) is 0 Å². The number of pyridine rings is 2. The van der Waals surface area contributed by atoms with E-state index in [1.54, 1.807) is 0 Å². The van der Waals surface area contributed by atoms with Crippen LogP contribution in [0.15, 0.2) is 54.9 Å². The zero-order chi connectivity index (χ0) is 19.6. The number of benzene rings is 1. The van der Waals surface area contributed by atoms with E-state index in [1.807, 2.05) is 31.5 Å². The van der Waals surface area contributed by atoms with Gasteiger partial charge in [-0.05, 0) is 67.8 Å². The fraction of sp³-hybridized carbons (Fsp3) is 0.333. The molecule has 5 nitrogen and oxygen atoms in total. The lowest BCUT2D eigenvalue weighted by Crippen LogP contribution is -2.23. The quantitative estimate of drug-likeness (QED) is 0.657. The highest BCUT2D eigenvalue weighted by molar-refractivity contribution is 5.58. The topological polar surface area (TPSA) is 47.5 Å². The number of likely N-dealkylation sites (tertiary alicyclic amines) is 1. The van der Waals surface area contributed by atoms with Gasteiger partial charge >= 0.3 is 0 Å². The number of aromatic nitrogens is 2. The summed E-state index contributed by atoms with van der Waals surface area (Å²) in [4.78, 5) is 11.5. The Labute approximate surface area is 171 Å². The van der Waals surface area contributed by atoms with Crippen molar-refractivity contribution in [3.05, 3.63) is 71.7 Å². The fourth-order valence-electron chi connectivity index (χ4n) is 4.29. The predicted molar refractivity (Wildman–Crippen MR) is 112 cm³/mol. The number of aryl methyl sites for hydroxylation is 1. The van der Waals surface area contributed by atoms with Crippen LogP contribution >= 0.6 is 0 Å². The molecule has 5 rings (SSSR count). The van der Waals surface area contributed by atoms with Gasteiger partial charge in [0.15, 0.2) is 11.5 Å². The lowest BCUT2D eigenvalue weighted by atomic mass is 10.0. The SMILES string of the molecule is Cc1cc(-c2ccc(CN3CCC[C@@H]3c3ccc4c(c3)OCCO4)cn2)ccn1. The Morgan fingerprint density at radius 1 is 1.00 bits per heavy atom. The summed E-state index contributed by atoms with van der Waals surface area (Å²) in [6.07, 6.45) is 6.22. The normalized spacial score (nSPS) is 18.7. The minimum absolute atomic E-state index is 0.411. The zero-order valence-corrected chi connectivity index (χ0v) is 16.7. The molecule has 29 heavy (non-hydrogen) atoms. The second-order valence-corrected chi connectivity index (χ2v) is 7.77. The smallest absolute Gasteiger partial charge is 0.161 e. The average Bonchev–Trinajstić information content (AvgIpc) is 3.22. The van der Waals surface area contributed by atoms with Gasteiger partial charge in [0, 0.05) is 36.2 Å². The van der Waals surface area contributed by atoms with Gasteiger partial charge in [0.25, 0.3) is 0 Å². The second kappa shape index (κ2) is 7.84. The minimum atomic E-state index is 0.411. The van der Waals surface area contributed by atoms with Gasteiger partial charge in [0.2, 0.25) is 0 Å². The van der Waals surface area contributed by atoms with E-state index in [0.29, 0.717) is 19.3 Å². The van der Waals surface area contributed by atoms with Crippen molar-refractivity contribution in [2.45, 2.75) is 32.4 Å². The van der Waals surface area contributed by atoms with Gasteiger partial charge in [0.05, 0.1) is 5.69 Å². The summed E-state index contributed by atoms with van der Waals surface area (Å²) in [5.41, 5.74) is 5.66. The van der Waals surface area contributed by atoms with Gasteiger partial charge < -0.3 is 9.47 Å². The van der Waals surface area contributed by atoms with E-state index >= 15 is 0 Å². The van der Waals surface area contributed by atoms with Gasteiger partial charge in [-0.1, -0.05) is 12.1 Å². The summed E-state index contributed by atoms with van der Waals surface area (Å²) >= 11 is 0. The molecule has 0 N–H and O–H groups in total. The maximum absolute atomic E-state index is 5.78. The van der Waals surface area contributed by atoms with Gasteiger partial charge in [-0.25, -0.2) is 0 Å². The molecule has 0 saturated carbocycles. The number of fused-ring (bicyclic) bond motifs is 1. The van der Waals surface area contributed by atoms with E-state index in [2.05, 4.69) is 40.2 Å². The molecular weight excluding hydrogens is 362 g/mol. The lowest BCUT2D eigenvalue weighted by Gasteiger charge is -2.26. The van der Waals surface area contributed by atoms with Crippen molar-refractivity contribution < 1.29 is 9.47 Å². The molecule has 0 unspecified atom stereocenters. The highest BCUT2D eigenvalue weighted by Crippen LogP contribution is 2.38. The molecule has 2 aliphatic rings. The third-order valence-corrected chi connectivity index (χ3v) is 5.72. The molecule has 5 heteroatoms. The molecule has 0 spiro atoms. The summed E-state index contributed by atoms with van der Waals surface area (Å²) in [6, 6.07) is 15.2. The molecule has 0 aliphatic carbocycles. The average molecular weight is 387 g/mol. The summed E-state index contributed by atoms with van der Waals surface area (Å²) in [7, 11) is 0. The van der Waals surface area contributed by atoms with Crippen molar-refractivity contribution in [1.29, 1.82) is 0 Å². The Morgan fingerprint density at radius 2 is 1.90 bits per heavy atom. The fourth-order valence-corrected chi connectivity index (χ4v) is 4.29. The Kier molecular flexibility index (Phi) is 4.90. The van der Waals surface area contributed by atoms with Gasteiger partial charge in [-0.2, -0.15) is 0 Å². The Balaban J connectivity index is 1.32. The molecular formula is C24H25N3O2. The van der Waals surface area contributed by atoms with E-state index in [0.717, 1.165) is 41.5 Å². The maximum Gasteiger partial charge on any atom is 0.161 e. The van der Waals surface area contributed by atoms with Crippen molar-refractivity contribution in [2.75, 3.05) is 19.8 Å². The number of nitrogens with zero attached hydrogens (tertiary/aromatic N) is 3. The van der Waals surface area contributed by atoms with Crippen LogP contribution in [0.4, 0.5) is 0 Å². The maximum atomic E-state index is 5.78. The van der Waals surface area contributed by atoms with Crippen LogP contribution in [-0.4, -0.2) is 34.6 Å². The molecule has 1 aromatic carbocycles. The lowest BCUT2D eigenvalue weighted by molar-refractivity contribution is 0.170. The van der Waals surface area contributed by atoms with Crippen LogP contribution in [0, 0.1) is 6.92 Å². The van der Waals surface area contributed by atoms with Crippen LogP contribution in [0.2, 0.25) is 0 Å². The third-order valence-electron chi connectivity index (χ3n) is 5.72. The molecule has 3 aromatic rings. The summed E-state index contributed by atoms with van der Waals surface area (Å²) in [5.74, 6) is 1.73. The van der Waals surface area contributed by atoms with Gasteiger partial charge in [0.1, 0.15) is 13.2 Å². The molecule has 0 bridgehead atoms. The van der Waals surface area contributed by atoms with E-state index in [1.165, 1.54) is 24.0 Å². The van der Waals surface area contributed by atoms with Crippen molar-refractivity contribution in [2.24, 2.45) is 0 Å². The Hall–Kier alpha value is -2.92. The Bertz CT molecular complexity index is 1000. The van der Waals surface area contributed by atoms with E-state index < -0.39 is 0 Å². The molecule has 1 saturated heterocycles. The first-order valence-corrected chi connectivity index (χ1v) is 10.3. The van der Waals surface area contributed by atoms with Gasteiger partial charge in [-0.3, -0.25) is 14.9 Å². The standard InChI is InChI=1S/C24H25N3O2/c1-17-13-19(8-9-25-17)21-6-4-18(15-26-21)16-27-10-2-3-22(27)20-5-7-23-24(14-20)29-12-11-28-23/h4-9,13-15,22H,2-3,10-12,16H2,1H3/t22-/m1/s1. The summed E-state index contributed by atoms with van der Waals surface area (Å²) in [5, 5.41) is 0. The third kappa shape index (κ3) is 3.83. The number of hydrogen-bond acceptors (Lipinski definition) is 5. The summed E-state index contributed by atoms with van der Waals surface area (Å²) in [6.45, 7) is 5.26. The number of rotatable bonds is 4. The molecule has 0 amide bonds. The second-order valence-electron chi connectivity index (χ2n) is 7.77. The molecule has 148 valence electrons. The first-order chi connectivity index (χ1) is 14.3. The molecule has 1 fully saturated rings. The summed E-state index contributed by atoms with van der Waals surface area (Å²) < 4.78 is 11.5. The molecule has 2 aromatic heterocycles. The van der Waals surface area contributed by atoms with Crippen molar-refractivity contribution in [1.82, 2.24) is 14.9 Å². The highest BCUT2D eigenvalue weighted by Gasteiger charge is 2.27. The first kappa shape index (κ1) is 18.1. The van der Waals surface area contributed by atoms with Gasteiger partial charge in [-0.15, -0.1) is 0 Å². The van der Waals surface area contributed by atoms with E-state index in [4.69, 9.17) is 14.5 Å². The molecule has 1 atom stereocenters. The van der Waals surface area contributed by atoms with Crippen LogP contribution in [0.1, 0.15) is 35.7 Å². The Morgan fingerprint density at radius 3 is 2.72 bits per heavy atom. The van der Waals surface area contributed by atoms with Crippen LogP contribution in [-0.2, 0) is 6.54 Å².